The van der Waals surface area contributed by atoms with Crippen LogP contribution in [0.2, 0.25) is 10.0 Å². The van der Waals surface area contributed by atoms with Crippen LogP contribution in [0, 0.1) is 0 Å². The van der Waals surface area contributed by atoms with E-state index in [1.54, 1.807) is 12.1 Å². The normalized spacial score (nSPS) is 12.0. The molecule has 0 aliphatic carbocycles. The Labute approximate surface area is 192 Å². The summed E-state index contributed by atoms with van der Waals surface area (Å²) in [5.74, 6) is 0.529. The van der Waals surface area contributed by atoms with Gasteiger partial charge in [0.05, 0.1) is 16.6 Å². The van der Waals surface area contributed by atoms with E-state index in [4.69, 9.17) is 34.7 Å². The van der Waals surface area contributed by atoms with Crippen molar-refractivity contribution in [2.45, 2.75) is 77.7 Å². The molecule has 0 heterocycles. The zero-order chi connectivity index (χ0) is 20.6. The molecule has 5 nitrogen and oxygen atoms in total. The Balaban J connectivity index is 0.00000784. The number of benzene rings is 1. The molecule has 0 radical (unpaired) electrons. The third kappa shape index (κ3) is 14.5. The largest absolute Gasteiger partial charge is 0.370 e. The first-order valence-corrected chi connectivity index (χ1v) is 11.1. The van der Waals surface area contributed by atoms with Gasteiger partial charge in [-0.1, -0.05) is 94.0 Å². The summed E-state index contributed by atoms with van der Waals surface area (Å²) in [5, 5.41) is 3.82. The zero-order valence-electron chi connectivity index (χ0n) is 17.4. The molecule has 1 aromatic carbocycles. The van der Waals surface area contributed by atoms with E-state index in [0.717, 1.165) is 12.0 Å². The molecule has 0 amide bonds. The maximum absolute atomic E-state index is 5.98. The molecule has 0 saturated heterocycles. The number of halogens is 3. The van der Waals surface area contributed by atoms with E-state index in [9.17, 15) is 0 Å². The van der Waals surface area contributed by atoms with Gasteiger partial charge in [-0.15, -0.1) is 12.4 Å². The Morgan fingerprint density at radius 1 is 0.828 bits per heavy atom. The topological polar surface area (TPSA) is 88.8 Å². The molecule has 0 spiro atoms. The summed E-state index contributed by atoms with van der Waals surface area (Å²) in [6.45, 7) is 3.35. The Morgan fingerprint density at radius 3 is 1.97 bits per heavy atom. The quantitative estimate of drug-likeness (QED) is 0.188. The molecular weight excluding hydrogens is 429 g/mol. The lowest BCUT2D eigenvalue weighted by Gasteiger charge is -2.06. The van der Waals surface area contributed by atoms with E-state index in [2.05, 4.69) is 22.2 Å². The van der Waals surface area contributed by atoms with Crippen LogP contribution in [0.3, 0.4) is 0 Å². The van der Waals surface area contributed by atoms with Crippen LogP contribution in [-0.2, 0) is 6.54 Å². The molecule has 1 aromatic rings. The van der Waals surface area contributed by atoms with Gasteiger partial charge in [-0.05, 0) is 24.1 Å². The van der Waals surface area contributed by atoms with Crippen LogP contribution in [0.15, 0.2) is 28.2 Å². The van der Waals surface area contributed by atoms with Crippen LogP contribution >= 0.6 is 35.6 Å². The standard InChI is InChI=1S/C21H35Cl2N5.ClH/c1-2-3-4-5-6-7-8-9-10-11-14-26-20(24)28-21(25)27-16-17-12-13-18(22)19(23)15-17;/h12-13,15H,2-11,14,16H2,1H3,(H5,24,25,26,27,28);1H. The minimum absolute atomic E-state index is 0. The molecule has 1 rings (SSSR count). The Morgan fingerprint density at radius 2 is 1.38 bits per heavy atom. The summed E-state index contributed by atoms with van der Waals surface area (Å²) in [4.78, 5) is 8.53. The van der Waals surface area contributed by atoms with Gasteiger partial charge in [0, 0.05) is 6.54 Å². The number of guanidine groups is 2. The van der Waals surface area contributed by atoms with Crippen molar-refractivity contribution < 1.29 is 0 Å². The third-order valence-electron chi connectivity index (χ3n) is 4.47. The molecule has 166 valence electrons. The van der Waals surface area contributed by atoms with Crippen molar-refractivity contribution >= 4 is 47.5 Å². The predicted octanol–water partition coefficient (Wildman–Crippen LogP) is 6.06. The molecule has 0 saturated carbocycles. The second kappa shape index (κ2) is 17.7. The second-order valence-corrected chi connectivity index (χ2v) is 7.84. The van der Waals surface area contributed by atoms with Gasteiger partial charge >= 0.3 is 0 Å². The number of nitrogens with one attached hydrogen (secondary N) is 1. The van der Waals surface area contributed by atoms with Crippen LogP contribution in [0.25, 0.3) is 0 Å². The van der Waals surface area contributed by atoms with Gasteiger partial charge in [0.2, 0.25) is 0 Å². The smallest absolute Gasteiger partial charge is 0.195 e. The summed E-state index contributed by atoms with van der Waals surface area (Å²) < 4.78 is 0. The van der Waals surface area contributed by atoms with E-state index in [1.165, 1.54) is 57.8 Å². The summed E-state index contributed by atoms with van der Waals surface area (Å²) >= 11 is 11.9. The van der Waals surface area contributed by atoms with Gasteiger partial charge < -0.3 is 11.5 Å². The molecule has 0 aromatic heterocycles. The van der Waals surface area contributed by atoms with Crippen molar-refractivity contribution in [2.24, 2.45) is 21.5 Å². The average molecular weight is 465 g/mol. The monoisotopic (exact) mass is 463 g/mol. The van der Waals surface area contributed by atoms with Crippen molar-refractivity contribution in [3.05, 3.63) is 33.8 Å². The molecule has 8 heteroatoms. The Hall–Kier alpha value is -1.17. The molecule has 0 atom stereocenters. The first-order valence-electron chi connectivity index (χ1n) is 10.3. The Kier molecular flexibility index (Phi) is 17.0. The van der Waals surface area contributed by atoms with Crippen molar-refractivity contribution in [3.8, 4) is 0 Å². The SMILES string of the molecule is CCCCCCCCCCCCN=C(N)NC(N)=NCc1ccc(Cl)c(Cl)c1.Cl. The van der Waals surface area contributed by atoms with E-state index < -0.39 is 0 Å². The molecule has 0 fully saturated rings. The summed E-state index contributed by atoms with van der Waals surface area (Å²) in [6.07, 6.45) is 13.0. The zero-order valence-corrected chi connectivity index (χ0v) is 19.8. The number of nitrogens with two attached hydrogens (primary N) is 2. The van der Waals surface area contributed by atoms with E-state index >= 15 is 0 Å². The fourth-order valence-corrected chi connectivity index (χ4v) is 3.14. The van der Waals surface area contributed by atoms with Crippen molar-refractivity contribution in [3.63, 3.8) is 0 Å². The highest BCUT2D eigenvalue weighted by molar-refractivity contribution is 6.42. The minimum Gasteiger partial charge on any atom is -0.370 e. The van der Waals surface area contributed by atoms with Crippen molar-refractivity contribution in [1.29, 1.82) is 0 Å². The van der Waals surface area contributed by atoms with Gasteiger partial charge in [-0.3, -0.25) is 10.3 Å². The van der Waals surface area contributed by atoms with Crippen LogP contribution < -0.4 is 16.8 Å². The highest BCUT2D eigenvalue weighted by atomic mass is 35.5. The highest BCUT2D eigenvalue weighted by Gasteiger charge is 2.00. The number of hydrogen-bond acceptors (Lipinski definition) is 2. The molecule has 29 heavy (non-hydrogen) atoms. The summed E-state index contributed by atoms with van der Waals surface area (Å²) in [6, 6.07) is 5.36. The third-order valence-corrected chi connectivity index (χ3v) is 5.20. The number of unbranched alkanes of at least 4 members (excludes halogenated alkanes) is 9. The van der Waals surface area contributed by atoms with Crippen LogP contribution in [0.4, 0.5) is 0 Å². The molecule has 0 unspecified atom stereocenters. The van der Waals surface area contributed by atoms with Gasteiger partial charge in [0.15, 0.2) is 11.9 Å². The number of aliphatic imine (C=N–C) groups is 2. The van der Waals surface area contributed by atoms with Crippen molar-refractivity contribution in [2.75, 3.05) is 6.54 Å². The first kappa shape index (κ1) is 27.8. The van der Waals surface area contributed by atoms with Gasteiger partial charge in [0.25, 0.3) is 0 Å². The maximum atomic E-state index is 5.98. The van der Waals surface area contributed by atoms with Gasteiger partial charge in [-0.25, -0.2) is 4.99 Å². The Bertz CT molecular complexity index is 620. The molecule has 5 N–H and O–H groups in total. The molecule has 0 aliphatic heterocycles. The minimum atomic E-state index is 0. The lowest BCUT2D eigenvalue weighted by molar-refractivity contribution is 0.558. The highest BCUT2D eigenvalue weighted by Crippen LogP contribution is 2.22. The number of nitrogens with zero attached hydrogens (tertiary/aromatic N) is 2. The lowest BCUT2D eigenvalue weighted by atomic mass is 10.1. The summed E-state index contributed by atoms with van der Waals surface area (Å²) in [7, 11) is 0. The van der Waals surface area contributed by atoms with E-state index in [0.29, 0.717) is 29.1 Å². The summed E-state index contributed by atoms with van der Waals surface area (Å²) in [5.41, 5.74) is 12.6. The second-order valence-electron chi connectivity index (χ2n) is 7.02. The number of rotatable bonds is 13. The van der Waals surface area contributed by atoms with E-state index in [1.807, 2.05) is 6.07 Å². The van der Waals surface area contributed by atoms with Crippen LogP contribution in [0.5, 0.6) is 0 Å². The molecular formula is C21H36Cl3N5. The van der Waals surface area contributed by atoms with Crippen LogP contribution in [0.1, 0.15) is 76.7 Å². The van der Waals surface area contributed by atoms with Gasteiger partial charge in [-0.2, -0.15) is 0 Å². The van der Waals surface area contributed by atoms with E-state index in [-0.39, 0.29) is 18.4 Å². The van der Waals surface area contributed by atoms with Gasteiger partial charge in [0.1, 0.15) is 0 Å². The fraction of sp³-hybridized carbons (Fsp3) is 0.619. The van der Waals surface area contributed by atoms with Crippen molar-refractivity contribution in [1.82, 2.24) is 5.32 Å². The fourth-order valence-electron chi connectivity index (χ4n) is 2.82. The predicted molar refractivity (Wildman–Crippen MR) is 131 cm³/mol. The maximum Gasteiger partial charge on any atom is 0.195 e. The lowest BCUT2D eigenvalue weighted by Crippen LogP contribution is -2.41. The number of hydrogen-bond donors (Lipinski definition) is 3. The first-order chi connectivity index (χ1) is 13.5. The molecule has 0 aliphatic rings. The van der Waals surface area contributed by atoms with Crippen LogP contribution in [-0.4, -0.2) is 18.5 Å². The average Bonchev–Trinajstić information content (AvgIpc) is 2.67. The molecule has 0 bridgehead atoms.